The lowest BCUT2D eigenvalue weighted by Gasteiger charge is -2.49. The van der Waals surface area contributed by atoms with Gasteiger partial charge < -0.3 is 19.5 Å². The Kier molecular flexibility index (Phi) is 5.95. The van der Waals surface area contributed by atoms with Gasteiger partial charge in [0.05, 0.1) is 29.8 Å². The van der Waals surface area contributed by atoms with E-state index in [0.717, 1.165) is 54.6 Å². The number of aromatic carboxylic acids is 1. The predicted octanol–water partition coefficient (Wildman–Crippen LogP) is 6.01. The fourth-order valence-electron chi connectivity index (χ4n) is 7.94. The number of carboxylic acid groups (broad SMARTS) is 1. The van der Waals surface area contributed by atoms with Gasteiger partial charge in [0.1, 0.15) is 17.3 Å². The van der Waals surface area contributed by atoms with E-state index in [1.54, 1.807) is 20.1 Å². The van der Waals surface area contributed by atoms with Crippen molar-refractivity contribution in [3.05, 3.63) is 69.3 Å². The van der Waals surface area contributed by atoms with Gasteiger partial charge in [-0.25, -0.2) is 9.78 Å². The monoisotopic (exact) mass is 568 g/mol. The number of ketones is 1. The molecule has 8 heteroatoms. The van der Waals surface area contributed by atoms with Gasteiger partial charge in [-0.05, 0) is 81.2 Å². The van der Waals surface area contributed by atoms with Crippen molar-refractivity contribution >= 4 is 17.7 Å². The molecule has 3 aliphatic carbocycles. The Balaban J connectivity index is 1.46. The molecule has 42 heavy (non-hydrogen) atoms. The molecule has 2 aromatic rings. The Labute approximate surface area is 245 Å². The highest BCUT2D eigenvalue weighted by Crippen LogP contribution is 2.61. The number of nitrogens with zero attached hydrogens (tertiary/aromatic N) is 2. The van der Waals surface area contributed by atoms with E-state index in [1.165, 1.54) is 0 Å². The first-order valence-corrected chi connectivity index (χ1v) is 15.0. The van der Waals surface area contributed by atoms with Crippen LogP contribution in [0, 0.1) is 19.3 Å². The number of carboxylic acids is 1. The van der Waals surface area contributed by atoms with Gasteiger partial charge in [-0.15, -0.1) is 0 Å². The molecule has 2 spiro atoms. The average Bonchev–Trinajstić information content (AvgIpc) is 3.70. The van der Waals surface area contributed by atoms with Gasteiger partial charge in [-0.2, -0.15) is 0 Å². The predicted molar refractivity (Wildman–Crippen MR) is 155 cm³/mol. The maximum atomic E-state index is 14.4. The molecular formula is C34H36N2O6. The SMILES string of the molecule is CCN1C(=O)C2=C(CC13CC3)OC1=C(C(=O)CC3(CCC3)C1)C2c1c(OC)ccc(-c2ccc(C)c(C(=O)O)n2)c1C. The number of amides is 1. The largest absolute Gasteiger partial charge is 0.496 e. The highest BCUT2D eigenvalue weighted by Gasteiger charge is 2.58. The number of rotatable bonds is 5. The van der Waals surface area contributed by atoms with Crippen molar-refractivity contribution < 1.29 is 29.0 Å². The molecule has 3 heterocycles. The molecule has 8 nitrogen and oxygen atoms in total. The van der Waals surface area contributed by atoms with Gasteiger partial charge in [0.15, 0.2) is 11.5 Å². The number of pyridine rings is 1. The topological polar surface area (TPSA) is 106 Å². The molecule has 0 saturated heterocycles. The average molecular weight is 569 g/mol. The highest BCUT2D eigenvalue weighted by molar-refractivity contribution is 6.06. The van der Waals surface area contributed by atoms with Crippen LogP contribution in [0.2, 0.25) is 0 Å². The van der Waals surface area contributed by atoms with E-state index in [0.29, 0.717) is 59.7 Å². The number of methoxy groups -OCH3 is 1. The van der Waals surface area contributed by atoms with Crippen molar-refractivity contribution in [3.63, 3.8) is 0 Å². The lowest BCUT2D eigenvalue weighted by Crippen LogP contribution is -2.50. The summed E-state index contributed by atoms with van der Waals surface area (Å²) in [7, 11) is 1.60. The third kappa shape index (κ3) is 3.80. The molecule has 1 aromatic heterocycles. The molecule has 7 rings (SSSR count). The molecular weight excluding hydrogens is 532 g/mol. The smallest absolute Gasteiger partial charge is 0.354 e. The first kappa shape index (κ1) is 26.9. The Morgan fingerprint density at radius 1 is 1.05 bits per heavy atom. The first-order chi connectivity index (χ1) is 20.1. The van der Waals surface area contributed by atoms with Gasteiger partial charge in [0.25, 0.3) is 5.91 Å². The highest BCUT2D eigenvalue weighted by atomic mass is 16.5. The molecule has 0 bridgehead atoms. The lowest BCUT2D eigenvalue weighted by atomic mass is 9.58. The van der Waals surface area contributed by atoms with Crippen molar-refractivity contribution in [1.29, 1.82) is 0 Å². The summed E-state index contributed by atoms with van der Waals surface area (Å²) in [5, 5.41) is 9.74. The van der Waals surface area contributed by atoms with Crippen LogP contribution < -0.4 is 4.74 Å². The Hall–Kier alpha value is -3.94. The number of likely N-dealkylation sites (N-methyl/N-ethyl adjacent to an activating group) is 1. The number of allylic oxidation sites excluding steroid dienone is 2. The van der Waals surface area contributed by atoms with Crippen molar-refractivity contribution in [2.75, 3.05) is 13.7 Å². The number of carbonyl (C=O) groups excluding carboxylic acids is 2. The van der Waals surface area contributed by atoms with E-state index in [9.17, 15) is 19.5 Å². The van der Waals surface area contributed by atoms with Crippen LogP contribution in [0.5, 0.6) is 5.75 Å². The number of Topliss-reactive ketones (excluding diaryl/α,β-unsaturated/α-hetero) is 1. The molecule has 1 unspecified atom stereocenters. The standard InChI is InChI=1S/C34H36N2O6/c1-5-36-31(38)28-25(17-34(36)13-14-34)42-24-16-33(11-6-12-33)15-22(37)27(24)29(28)26-19(3)20(8-10-23(26)41-4)21-9-7-18(2)30(35-21)32(39)40/h7-10,29H,5-6,11-17H2,1-4H3,(H,39,40). The summed E-state index contributed by atoms with van der Waals surface area (Å²) in [6, 6.07) is 7.28. The Morgan fingerprint density at radius 3 is 2.40 bits per heavy atom. The van der Waals surface area contributed by atoms with Gasteiger partial charge in [-0.1, -0.05) is 12.5 Å². The zero-order chi connectivity index (χ0) is 29.6. The zero-order valence-corrected chi connectivity index (χ0v) is 24.6. The summed E-state index contributed by atoms with van der Waals surface area (Å²) < 4.78 is 12.6. The van der Waals surface area contributed by atoms with Gasteiger partial charge in [-0.3, -0.25) is 9.59 Å². The second-order valence-electron chi connectivity index (χ2n) is 12.8. The molecule has 2 saturated carbocycles. The summed E-state index contributed by atoms with van der Waals surface area (Å²) >= 11 is 0. The van der Waals surface area contributed by atoms with Gasteiger partial charge in [0.2, 0.25) is 0 Å². The minimum Gasteiger partial charge on any atom is -0.496 e. The van der Waals surface area contributed by atoms with Crippen LogP contribution in [0.25, 0.3) is 11.3 Å². The minimum absolute atomic E-state index is 0.00523. The molecule has 0 radical (unpaired) electrons. The van der Waals surface area contributed by atoms with Crippen molar-refractivity contribution in [1.82, 2.24) is 9.88 Å². The van der Waals surface area contributed by atoms with Crippen molar-refractivity contribution in [3.8, 4) is 17.0 Å². The van der Waals surface area contributed by atoms with Crippen LogP contribution >= 0.6 is 0 Å². The van der Waals surface area contributed by atoms with E-state index in [2.05, 4.69) is 4.98 Å². The van der Waals surface area contributed by atoms with Crippen molar-refractivity contribution in [2.45, 2.75) is 83.6 Å². The molecule has 218 valence electrons. The molecule has 5 aliphatic rings. The number of hydrogen-bond donors (Lipinski definition) is 1. The van der Waals surface area contributed by atoms with Crippen LogP contribution in [0.3, 0.4) is 0 Å². The fourth-order valence-corrected chi connectivity index (χ4v) is 7.94. The third-order valence-corrected chi connectivity index (χ3v) is 10.5. The lowest BCUT2D eigenvalue weighted by molar-refractivity contribution is -0.132. The van der Waals surface area contributed by atoms with E-state index in [-0.39, 0.29) is 28.3 Å². The number of aromatic nitrogens is 1. The number of hydrogen-bond acceptors (Lipinski definition) is 6. The van der Waals surface area contributed by atoms with E-state index in [4.69, 9.17) is 9.47 Å². The maximum Gasteiger partial charge on any atom is 0.354 e. The number of aryl methyl sites for hydroxylation is 1. The minimum atomic E-state index is -1.09. The molecule has 2 fully saturated rings. The Morgan fingerprint density at radius 2 is 1.79 bits per heavy atom. The second kappa shape index (κ2) is 9.28. The summed E-state index contributed by atoms with van der Waals surface area (Å²) in [6.07, 6.45) is 6.89. The van der Waals surface area contributed by atoms with Crippen molar-refractivity contribution in [2.24, 2.45) is 5.41 Å². The zero-order valence-electron chi connectivity index (χ0n) is 24.6. The molecule has 1 amide bonds. The number of carbonyl (C=O) groups is 3. The third-order valence-electron chi connectivity index (χ3n) is 10.5. The van der Waals surface area contributed by atoms with Crippen LogP contribution in [0.4, 0.5) is 0 Å². The van der Waals surface area contributed by atoms with Crippen LogP contribution in [-0.2, 0) is 14.3 Å². The normalized spacial score (nSPS) is 23.4. The fraction of sp³-hybridized carbons (Fsp3) is 0.471. The second-order valence-corrected chi connectivity index (χ2v) is 12.8. The van der Waals surface area contributed by atoms with Crippen LogP contribution in [-0.4, -0.2) is 51.8 Å². The molecule has 1 aromatic carbocycles. The summed E-state index contributed by atoms with van der Waals surface area (Å²) in [5.74, 6) is 0.244. The summed E-state index contributed by atoms with van der Waals surface area (Å²) in [4.78, 5) is 46.8. The van der Waals surface area contributed by atoms with E-state index >= 15 is 0 Å². The molecule has 1 N–H and O–H groups in total. The summed E-state index contributed by atoms with van der Waals surface area (Å²) in [5.41, 5.74) is 4.23. The molecule has 1 atom stereocenters. The number of benzene rings is 1. The van der Waals surface area contributed by atoms with Gasteiger partial charge in [0, 0.05) is 42.5 Å². The molecule has 2 aliphatic heterocycles. The maximum absolute atomic E-state index is 14.4. The number of ether oxygens (including phenoxy) is 2. The Bertz CT molecular complexity index is 1640. The first-order valence-electron chi connectivity index (χ1n) is 15.0. The summed E-state index contributed by atoms with van der Waals surface area (Å²) in [6.45, 7) is 6.27. The van der Waals surface area contributed by atoms with Crippen LogP contribution in [0.15, 0.2) is 46.9 Å². The van der Waals surface area contributed by atoms with E-state index < -0.39 is 11.9 Å². The van der Waals surface area contributed by atoms with Crippen LogP contribution in [0.1, 0.15) is 91.4 Å². The van der Waals surface area contributed by atoms with Gasteiger partial charge >= 0.3 is 5.97 Å². The quantitative estimate of drug-likeness (QED) is 0.471. The van der Waals surface area contributed by atoms with E-state index in [1.807, 2.05) is 36.9 Å².